The van der Waals surface area contributed by atoms with E-state index < -0.39 is 35.2 Å². The van der Waals surface area contributed by atoms with Crippen molar-refractivity contribution in [3.05, 3.63) is 59.2 Å². The number of hydrogen-bond donors (Lipinski definition) is 1. The van der Waals surface area contributed by atoms with Gasteiger partial charge in [0.25, 0.3) is 0 Å². The van der Waals surface area contributed by atoms with Gasteiger partial charge in [-0.15, -0.1) is 0 Å². The molecule has 0 saturated heterocycles. The summed E-state index contributed by atoms with van der Waals surface area (Å²) < 4.78 is 31.8. The first-order valence-corrected chi connectivity index (χ1v) is 7.67. The van der Waals surface area contributed by atoms with Crippen LogP contribution in [0.15, 0.2) is 36.4 Å². The molecule has 1 heterocycles. The number of para-hydroxylation sites is 1. The van der Waals surface area contributed by atoms with Crippen molar-refractivity contribution in [2.24, 2.45) is 0 Å². The van der Waals surface area contributed by atoms with Gasteiger partial charge in [-0.25, -0.2) is 8.78 Å². The number of carbonyl (C=O) groups excluding carboxylic acids is 2. The number of carbonyl (C=O) groups is 2. The van der Waals surface area contributed by atoms with E-state index in [4.69, 9.17) is 4.74 Å². The molecule has 0 saturated carbocycles. The Bertz CT molecular complexity index is 853. The Kier molecular flexibility index (Phi) is 4.39. The van der Waals surface area contributed by atoms with Crippen LogP contribution in [0.2, 0.25) is 0 Å². The second kappa shape index (κ2) is 6.51. The number of phenols is 1. The Morgan fingerprint density at radius 3 is 2.60 bits per heavy atom. The van der Waals surface area contributed by atoms with Crippen LogP contribution >= 0.6 is 0 Å². The fourth-order valence-electron chi connectivity index (χ4n) is 2.97. The van der Waals surface area contributed by atoms with Crippen LogP contribution in [0.25, 0.3) is 0 Å². The maximum atomic E-state index is 13.6. The van der Waals surface area contributed by atoms with Gasteiger partial charge in [-0.05, 0) is 24.6 Å². The van der Waals surface area contributed by atoms with Crippen LogP contribution in [0.3, 0.4) is 0 Å². The zero-order valence-corrected chi connectivity index (χ0v) is 13.3. The first kappa shape index (κ1) is 16.9. The predicted octanol–water partition coefficient (Wildman–Crippen LogP) is 2.71. The van der Waals surface area contributed by atoms with Crippen LogP contribution < -0.4 is 4.90 Å². The molecule has 1 atom stereocenters. The van der Waals surface area contributed by atoms with Crippen molar-refractivity contribution in [2.45, 2.75) is 12.8 Å². The SMILES string of the molecule is CCOC(=O)CN1C(=O)C(c2cc(F)c(F)cc2O)c2ccccc21. The second-order valence-corrected chi connectivity index (χ2v) is 5.55. The standard InChI is InChI=1S/C18H15F2NO4/c1-2-25-16(23)9-21-14-6-4-3-5-10(14)17(18(21)24)11-7-12(19)13(20)8-15(11)22/h3-8,17,22H,2,9H2,1H3. The summed E-state index contributed by atoms with van der Waals surface area (Å²) in [5, 5.41) is 10.0. The molecular weight excluding hydrogens is 332 g/mol. The number of nitrogens with zero attached hydrogens (tertiary/aromatic N) is 1. The Balaban J connectivity index is 2.06. The lowest BCUT2D eigenvalue weighted by Gasteiger charge is -2.17. The van der Waals surface area contributed by atoms with E-state index in [0.29, 0.717) is 17.3 Å². The van der Waals surface area contributed by atoms with Crippen LogP contribution in [0, 0.1) is 11.6 Å². The number of halogens is 2. The molecule has 0 bridgehead atoms. The number of amides is 1. The predicted molar refractivity (Wildman–Crippen MR) is 85.3 cm³/mol. The highest BCUT2D eigenvalue weighted by atomic mass is 19.2. The van der Waals surface area contributed by atoms with Gasteiger partial charge in [0.1, 0.15) is 12.3 Å². The molecule has 3 rings (SSSR count). The fourth-order valence-corrected chi connectivity index (χ4v) is 2.97. The van der Waals surface area contributed by atoms with E-state index in [1.807, 2.05) is 0 Å². The van der Waals surface area contributed by atoms with E-state index in [1.54, 1.807) is 31.2 Å². The number of ether oxygens (including phenoxy) is 1. The summed E-state index contributed by atoms with van der Waals surface area (Å²) in [4.78, 5) is 25.9. The third-order valence-corrected chi connectivity index (χ3v) is 4.02. The summed E-state index contributed by atoms with van der Waals surface area (Å²) in [6.45, 7) is 1.53. The molecule has 0 aliphatic carbocycles. The summed E-state index contributed by atoms with van der Waals surface area (Å²) in [6, 6.07) is 8.10. The normalized spacial score (nSPS) is 16.0. The molecule has 5 nitrogen and oxygen atoms in total. The molecule has 1 unspecified atom stereocenters. The minimum Gasteiger partial charge on any atom is -0.508 e. The molecule has 7 heteroatoms. The third-order valence-electron chi connectivity index (χ3n) is 4.02. The van der Waals surface area contributed by atoms with Crippen LogP contribution in [0.5, 0.6) is 5.75 Å². The zero-order chi connectivity index (χ0) is 18.1. The molecule has 0 radical (unpaired) electrons. The largest absolute Gasteiger partial charge is 0.508 e. The summed E-state index contributed by atoms with van der Waals surface area (Å²) in [6.07, 6.45) is 0. The van der Waals surface area contributed by atoms with Crippen LogP contribution in [0.1, 0.15) is 24.0 Å². The van der Waals surface area contributed by atoms with Crippen molar-refractivity contribution in [2.75, 3.05) is 18.1 Å². The van der Waals surface area contributed by atoms with Crippen molar-refractivity contribution in [1.82, 2.24) is 0 Å². The highest BCUT2D eigenvalue weighted by Crippen LogP contribution is 2.43. The number of hydrogen-bond acceptors (Lipinski definition) is 4. The minimum absolute atomic E-state index is 0.0530. The number of anilines is 1. The molecule has 2 aromatic rings. The van der Waals surface area contributed by atoms with Gasteiger partial charge >= 0.3 is 5.97 Å². The molecule has 1 aliphatic heterocycles. The quantitative estimate of drug-likeness (QED) is 0.864. The minimum atomic E-state index is -1.21. The molecule has 1 aliphatic rings. The van der Waals surface area contributed by atoms with Crippen LogP contribution in [0.4, 0.5) is 14.5 Å². The summed E-state index contributed by atoms with van der Waals surface area (Å²) in [5.41, 5.74) is 0.913. The molecular formula is C18H15F2NO4. The van der Waals surface area contributed by atoms with Crippen LogP contribution in [-0.4, -0.2) is 30.1 Å². The van der Waals surface area contributed by atoms with Crippen molar-refractivity contribution in [3.63, 3.8) is 0 Å². The van der Waals surface area contributed by atoms with Gasteiger partial charge in [0.15, 0.2) is 11.6 Å². The van der Waals surface area contributed by atoms with Gasteiger partial charge in [0, 0.05) is 17.3 Å². The van der Waals surface area contributed by atoms with Gasteiger partial charge in [0.05, 0.1) is 12.5 Å². The monoisotopic (exact) mass is 347 g/mol. The second-order valence-electron chi connectivity index (χ2n) is 5.55. The Morgan fingerprint density at radius 2 is 1.88 bits per heavy atom. The number of benzene rings is 2. The molecule has 0 aromatic heterocycles. The maximum absolute atomic E-state index is 13.6. The lowest BCUT2D eigenvalue weighted by molar-refractivity contribution is -0.142. The first-order chi connectivity index (χ1) is 11.9. The van der Waals surface area contributed by atoms with Gasteiger partial charge in [0.2, 0.25) is 5.91 Å². The van der Waals surface area contributed by atoms with E-state index in [2.05, 4.69) is 0 Å². The highest BCUT2D eigenvalue weighted by molar-refractivity contribution is 6.09. The van der Waals surface area contributed by atoms with E-state index in [0.717, 1.165) is 6.07 Å². The molecule has 2 aromatic carbocycles. The van der Waals surface area contributed by atoms with Crippen molar-refractivity contribution in [1.29, 1.82) is 0 Å². The number of aromatic hydroxyl groups is 1. The number of rotatable bonds is 4. The number of fused-ring (bicyclic) bond motifs is 1. The summed E-state index contributed by atoms with van der Waals surface area (Å²) in [5.74, 6) is -5.02. The van der Waals surface area contributed by atoms with Crippen molar-refractivity contribution >= 4 is 17.6 Å². The van der Waals surface area contributed by atoms with Crippen molar-refractivity contribution in [3.8, 4) is 5.75 Å². The van der Waals surface area contributed by atoms with Crippen LogP contribution in [-0.2, 0) is 14.3 Å². The van der Waals surface area contributed by atoms with E-state index >= 15 is 0 Å². The average Bonchev–Trinajstić information content (AvgIpc) is 2.84. The molecule has 25 heavy (non-hydrogen) atoms. The van der Waals surface area contributed by atoms with Gasteiger partial charge < -0.3 is 14.7 Å². The molecule has 0 spiro atoms. The highest BCUT2D eigenvalue weighted by Gasteiger charge is 2.40. The smallest absolute Gasteiger partial charge is 0.326 e. The molecule has 1 N–H and O–H groups in total. The molecule has 130 valence electrons. The summed E-state index contributed by atoms with van der Waals surface area (Å²) >= 11 is 0. The van der Waals surface area contributed by atoms with Gasteiger partial charge in [-0.3, -0.25) is 9.59 Å². The average molecular weight is 347 g/mol. The third kappa shape index (κ3) is 2.93. The fraction of sp³-hybridized carbons (Fsp3) is 0.222. The van der Waals surface area contributed by atoms with E-state index in [1.165, 1.54) is 4.90 Å². The van der Waals surface area contributed by atoms with Gasteiger partial charge in [-0.1, -0.05) is 18.2 Å². The Morgan fingerprint density at radius 1 is 1.20 bits per heavy atom. The maximum Gasteiger partial charge on any atom is 0.326 e. The zero-order valence-electron chi connectivity index (χ0n) is 13.3. The number of phenolic OH excluding ortho intramolecular Hbond substituents is 1. The Hall–Kier alpha value is -2.96. The lowest BCUT2D eigenvalue weighted by Crippen LogP contribution is -2.35. The first-order valence-electron chi connectivity index (χ1n) is 7.67. The number of esters is 1. The molecule has 1 amide bonds. The van der Waals surface area contributed by atoms with E-state index in [-0.39, 0.29) is 18.7 Å². The van der Waals surface area contributed by atoms with Crippen molar-refractivity contribution < 1.29 is 28.2 Å². The van der Waals surface area contributed by atoms with E-state index in [9.17, 15) is 23.5 Å². The Labute approximate surface area is 142 Å². The topological polar surface area (TPSA) is 66.8 Å². The van der Waals surface area contributed by atoms with Gasteiger partial charge in [-0.2, -0.15) is 0 Å². The summed E-state index contributed by atoms with van der Waals surface area (Å²) in [7, 11) is 0. The lowest BCUT2D eigenvalue weighted by atomic mass is 9.91. The molecule has 0 fully saturated rings.